The molecule has 0 bridgehead atoms. The van der Waals surface area contributed by atoms with E-state index >= 15 is 0 Å². The summed E-state index contributed by atoms with van der Waals surface area (Å²) in [6, 6.07) is 21.5. The minimum Gasteiger partial charge on any atom is -0.345 e. The molecule has 180 valence electrons. The Balaban J connectivity index is 1.44. The number of nitrogens with one attached hydrogen (secondary N) is 2. The van der Waals surface area contributed by atoms with Crippen LogP contribution >= 0.6 is 0 Å². The van der Waals surface area contributed by atoms with Crippen molar-refractivity contribution in [3.8, 4) is 0 Å². The number of imidazole rings is 1. The molecule has 1 aliphatic rings. The minimum absolute atomic E-state index is 0.155. The second-order valence-electron chi connectivity index (χ2n) is 8.84. The van der Waals surface area contributed by atoms with Gasteiger partial charge in [-0.25, -0.2) is 13.4 Å². The van der Waals surface area contributed by atoms with Gasteiger partial charge in [0.1, 0.15) is 0 Å². The first kappa shape index (κ1) is 23.3. The zero-order valence-electron chi connectivity index (χ0n) is 19.4. The molecule has 1 saturated heterocycles. The smallest absolute Gasteiger partial charge is 0.252 e. The number of carbonyl (C=O) groups excluding carboxylic acids is 1. The van der Waals surface area contributed by atoms with Crippen molar-refractivity contribution < 1.29 is 13.2 Å². The normalized spacial score (nSPS) is 16.0. The molecule has 4 aromatic rings. The minimum atomic E-state index is -3.65. The number of benzene rings is 3. The Morgan fingerprint density at radius 1 is 0.886 bits per heavy atom. The van der Waals surface area contributed by atoms with Crippen LogP contribution in [-0.2, 0) is 10.0 Å². The van der Waals surface area contributed by atoms with Crippen LogP contribution in [0, 0.1) is 0 Å². The predicted molar refractivity (Wildman–Crippen MR) is 136 cm³/mol. The summed E-state index contributed by atoms with van der Waals surface area (Å²) in [5.41, 5.74) is 3.86. The van der Waals surface area contributed by atoms with Crippen molar-refractivity contribution >= 4 is 27.0 Å². The van der Waals surface area contributed by atoms with Gasteiger partial charge in [-0.2, -0.15) is 4.31 Å². The van der Waals surface area contributed by atoms with E-state index in [0.29, 0.717) is 18.7 Å². The van der Waals surface area contributed by atoms with E-state index in [0.717, 1.165) is 47.8 Å². The molecule has 3 aromatic carbocycles. The molecule has 2 N–H and O–H groups in total. The largest absolute Gasteiger partial charge is 0.345 e. The topological polar surface area (TPSA) is 95.2 Å². The van der Waals surface area contributed by atoms with E-state index in [1.54, 1.807) is 28.8 Å². The van der Waals surface area contributed by atoms with Crippen LogP contribution in [0.1, 0.15) is 53.2 Å². The van der Waals surface area contributed by atoms with Gasteiger partial charge in [0, 0.05) is 18.7 Å². The van der Waals surface area contributed by atoms with E-state index in [1.165, 1.54) is 6.07 Å². The highest BCUT2D eigenvalue weighted by molar-refractivity contribution is 7.89. The lowest BCUT2D eigenvalue weighted by Gasteiger charge is -2.21. The van der Waals surface area contributed by atoms with Crippen molar-refractivity contribution in [1.82, 2.24) is 19.6 Å². The Kier molecular flexibility index (Phi) is 6.66. The fourth-order valence-electron chi connectivity index (χ4n) is 4.58. The van der Waals surface area contributed by atoms with Crippen LogP contribution in [0.15, 0.2) is 84.0 Å². The van der Waals surface area contributed by atoms with Gasteiger partial charge in [-0.05, 0) is 54.3 Å². The Morgan fingerprint density at radius 3 is 2.43 bits per heavy atom. The number of aromatic amines is 1. The van der Waals surface area contributed by atoms with Crippen LogP contribution in [0.3, 0.4) is 0 Å². The third kappa shape index (κ3) is 4.99. The molecule has 2 heterocycles. The van der Waals surface area contributed by atoms with Gasteiger partial charge in [0.05, 0.1) is 28.3 Å². The first-order chi connectivity index (χ1) is 17.0. The van der Waals surface area contributed by atoms with Gasteiger partial charge in [-0.1, -0.05) is 55.3 Å². The first-order valence-corrected chi connectivity index (χ1v) is 13.4. The lowest BCUT2D eigenvalue weighted by atomic mass is 9.97. The SMILES string of the molecule is O=C(NC(c1ccccc1)c1ccc2nc[nH]c2c1)c1cccc(S(=O)(=O)N2CCCCCC2)c1. The fourth-order valence-corrected chi connectivity index (χ4v) is 6.14. The van der Waals surface area contributed by atoms with Crippen LogP contribution in [0.2, 0.25) is 0 Å². The number of fused-ring (bicyclic) bond motifs is 1. The van der Waals surface area contributed by atoms with Crippen molar-refractivity contribution in [2.75, 3.05) is 13.1 Å². The molecule has 0 saturated carbocycles. The second-order valence-corrected chi connectivity index (χ2v) is 10.8. The number of amides is 1. The van der Waals surface area contributed by atoms with Gasteiger partial charge < -0.3 is 10.3 Å². The highest BCUT2D eigenvalue weighted by Gasteiger charge is 2.26. The van der Waals surface area contributed by atoms with Crippen molar-refractivity contribution in [2.24, 2.45) is 0 Å². The van der Waals surface area contributed by atoms with Crippen LogP contribution in [0.5, 0.6) is 0 Å². The third-order valence-electron chi connectivity index (χ3n) is 6.48. The molecule has 1 atom stereocenters. The van der Waals surface area contributed by atoms with E-state index in [9.17, 15) is 13.2 Å². The molecule has 1 aromatic heterocycles. The number of sulfonamides is 1. The van der Waals surface area contributed by atoms with Crippen LogP contribution in [0.4, 0.5) is 0 Å². The third-order valence-corrected chi connectivity index (χ3v) is 8.38. The van der Waals surface area contributed by atoms with Gasteiger partial charge in [-0.3, -0.25) is 4.79 Å². The van der Waals surface area contributed by atoms with E-state index in [2.05, 4.69) is 15.3 Å². The molecule has 7 nitrogen and oxygen atoms in total. The van der Waals surface area contributed by atoms with Crippen molar-refractivity contribution in [3.05, 3.63) is 95.8 Å². The molecular formula is C27H28N4O3S. The predicted octanol–water partition coefficient (Wildman–Crippen LogP) is 4.65. The lowest BCUT2D eigenvalue weighted by Crippen LogP contribution is -2.32. The summed E-state index contributed by atoms with van der Waals surface area (Å²) in [5, 5.41) is 3.11. The highest BCUT2D eigenvalue weighted by Crippen LogP contribution is 2.26. The van der Waals surface area contributed by atoms with E-state index in [4.69, 9.17) is 0 Å². The van der Waals surface area contributed by atoms with Gasteiger partial charge in [-0.15, -0.1) is 0 Å². The molecule has 1 amide bonds. The number of aromatic nitrogens is 2. The standard InChI is InChI=1S/C27H28N4O3S/c32-27(22-11-8-12-23(17-22)35(33,34)31-15-6-1-2-7-16-31)30-26(20-9-4-3-5-10-20)21-13-14-24-25(18-21)29-19-28-24/h3-5,8-14,17-19,26H,1-2,6-7,15-16H2,(H,28,29)(H,30,32). The van der Waals surface area contributed by atoms with Crippen molar-refractivity contribution in [1.29, 1.82) is 0 Å². The van der Waals surface area contributed by atoms with Crippen molar-refractivity contribution in [3.63, 3.8) is 0 Å². The number of carbonyl (C=O) groups is 1. The first-order valence-electron chi connectivity index (χ1n) is 11.9. The summed E-state index contributed by atoms with van der Waals surface area (Å²) in [4.78, 5) is 20.9. The maximum absolute atomic E-state index is 13.4. The average molecular weight is 489 g/mol. The molecule has 35 heavy (non-hydrogen) atoms. The number of rotatable bonds is 6. The summed E-state index contributed by atoms with van der Waals surface area (Å²) in [5.74, 6) is -0.337. The zero-order chi connectivity index (χ0) is 24.3. The number of nitrogens with zero attached hydrogens (tertiary/aromatic N) is 2. The molecule has 0 spiro atoms. The molecule has 8 heteroatoms. The van der Waals surface area contributed by atoms with Gasteiger partial charge in [0.15, 0.2) is 0 Å². The molecule has 5 rings (SSSR count). The number of hydrogen-bond donors (Lipinski definition) is 2. The number of hydrogen-bond acceptors (Lipinski definition) is 4. The second kappa shape index (κ2) is 10.0. The van der Waals surface area contributed by atoms with Gasteiger partial charge in [0.2, 0.25) is 10.0 Å². The monoisotopic (exact) mass is 488 g/mol. The Morgan fingerprint density at radius 2 is 1.66 bits per heavy atom. The van der Waals surface area contributed by atoms with Crippen LogP contribution < -0.4 is 5.32 Å². The molecule has 1 aliphatic heterocycles. The van der Waals surface area contributed by atoms with Crippen LogP contribution in [0.25, 0.3) is 11.0 Å². The molecule has 0 radical (unpaired) electrons. The molecule has 0 aliphatic carbocycles. The summed E-state index contributed by atoms with van der Waals surface area (Å²) in [6.07, 6.45) is 5.44. The Hall–Kier alpha value is -3.49. The summed E-state index contributed by atoms with van der Waals surface area (Å²) in [7, 11) is -3.65. The number of H-pyrrole nitrogens is 1. The van der Waals surface area contributed by atoms with Crippen molar-refractivity contribution in [2.45, 2.75) is 36.6 Å². The zero-order valence-corrected chi connectivity index (χ0v) is 20.2. The molecular weight excluding hydrogens is 460 g/mol. The van der Waals surface area contributed by atoms with Gasteiger partial charge in [0.25, 0.3) is 5.91 Å². The molecule has 1 fully saturated rings. The van der Waals surface area contributed by atoms with E-state index in [-0.39, 0.29) is 10.8 Å². The maximum Gasteiger partial charge on any atom is 0.252 e. The summed E-state index contributed by atoms with van der Waals surface area (Å²) in [6.45, 7) is 1.04. The highest BCUT2D eigenvalue weighted by atomic mass is 32.2. The van der Waals surface area contributed by atoms with Gasteiger partial charge >= 0.3 is 0 Å². The maximum atomic E-state index is 13.4. The Labute approximate surface area is 205 Å². The quantitative estimate of drug-likeness (QED) is 0.413. The summed E-state index contributed by atoms with van der Waals surface area (Å²) < 4.78 is 28.1. The average Bonchev–Trinajstić information content (AvgIpc) is 3.18. The Bertz CT molecular complexity index is 1430. The summed E-state index contributed by atoms with van der Waals surface area (Å²) >= 11 is 0. The fraction of sp³-hybridized carbons (Fsp3) is 0.259. The molecule has 1 unspecified atom stereocenters. The lowest BCUT2D eigenvalue weighted by molar-refractivity contribution is 0.0942. The van der Waals surface area contributed by atoms with Crippen LogP contribution in [-0.4, -0.2) is 41.7 Å². The van der Waals surface area contributed by atoms with E-state index in [1.807, 2.05) is 48.5 Å². The van der Waals surface area contributed by atoms with E-state index < -0.39 is 16.1 Å².